The van der Waals surface area contributed by atoms with Gasteiger partial charge in [0.05, 0.1) is 0 Å². The topological polar surface area (TPSA) is 12.0 Å². The molecule has 2 rings (SSSR count). The second-order valence-electron chi connectivity index (χ2n) is 6.01. The van der Waals surface area contributed by atoms with E-state index in [9.17, 15) is 0 Å². The Morgan fingerprint density at radius 2 is 2.22 bits per heavy atom. The zero-order chi connectivity index (χ0) is 13.1. The number of halogens is 1. The van der Waals surface area contributed by atoms with Gasteiger partial charge < -0.3 is 5.32 Å². The lowest BCUT2D eigenvalue weighted by Crippen LogP contribution is -2.42. The largest absolute Gasteiger partial charge is 0.309 e. The summed E-state index contributed by atoms with van der Waals surface area (Å²) >= 11 is 5.46. The van der Waals surface area contributed by atoms with Crippen LogP contribution in [-0.4, -0.2) is 6.04 Å². The molecule has 1 aromatic rings. The molecular formula is C15H24BrNS. The smallest absolute Gasteiger partial charge is 0.0327 e. The fourth-order valence-corrected chi connectivity index (χ4v) is 4.56. The number of hydrogen-bond donors (Lipinski definition) is 1. The summed E-state index contributed by atoms with van der Waals surface area (Å²) in [6.07, 6.45) is 4.14. The molecule has 3 atom stereocenters. The van der Waals surface area contributed by atoms with E-state index in [1.807, 2.05) is 11.3 Å². The van der Waals surface area contributed by atoms with Crippen molar-refractivity contribution in [3.05, 3.63) is 20.8 Å². The van der Waals surface area contributed by atoms with Gasteiger partial charge in [0.15, 0.2) is 0 Å². The fourth-order valence-electron chi connectivity index (χ4n) is 3.11. The second kappa shape index (κ2) is 6.53. The van der Waals surface area contributed by atoms with E-state index in [0.29, 0.717) is 6.04 Å². The van der Waals surface area contributed by atoms with Crippen molar-refractivity contribution in [2.24, 2.45) is 17.8 Å². The highest BCUT2D eigenvalue weighted by molar-refractivity contribution is 9.10. The van der Waals surface area contributed by atoms with Crippen molar-refractivity contribution >= 4 is 27.3 Å². The molecule has 3 heteroatoms. The number of nitrogens with one attached hydrogen (secondary N) is 1. The molecule has 1 aromatic heterocycles. The number of hydrogen-bond acceptors (Lipinski definition) is 2. The highest BCUT2D eigenvalue weighted by atomic mass is 79.9. The van der Waals surface area contributed by atoms with Crippen LogP contribution in [0, 0.1) is 17.8 Å². The Hall–Kier alpha value is 0.140. The van der Waals surface area contributed by atoms with Crippen molar-refractivity contribution in [3.63, 3.8) is 0 Å². The normalized spacial score (nSPS) is 28.8. The second-order valence-corrected chi connectivity index (χ2v) is 7.86. The molecule has 0 bridgehead atoms. The van der Waals surface area contributed by atoms with E-state index in [4.69, 9.17) is 0 Å². The molecule has 1 saturated carbocycles. The van der Waals surface area contributed by atoms with Crippen LogP contribution in [0.5, 0.6) is 0 Å². The highest BCUT2D eigenvalue weighted by Gasteiger charge is 2.30. The third-order valence-corrected chi connectivity index (χ3v) is 6.16. The van der Waals surface area contributed by atoms with Gasteiger partial charge >= 0.3 is 0 Å². The average Bonchev–Trinajstić information content (AvgIpc) is 2.72. The molecule has 0 saturated heterocycles. The Balaban J connectivity index is 1.94. The van der Waals surface area contributed by atoms with Crippen LogP contribution in [0.4, 0.5) is 0 Å². The van der Waals surface area contributed by atoms with E-state index in [1.165, 1.54) is 28.6 Å². The zero-order valence-electron chi connectivity index (χ0n) is 11.6. The van der Waals surface area contributed by atoms with Crippen molar-refractivity contribution in [2.75, 3.05) is 0 Å². The van der Waals surface area contributed by atoms with Gasteiger partial charge in [-0.15, -0.1) is 11.3 Å². The first kappa shape index (κ1) is 14.5. The summed E-state index contributed by atoms with van der Waals surface area (Å²) in [6.45, 7) is 8.15. The van der Waals surface area contributed by atoms with Crippen LogP contribution < -0.4 is 5.32 Å². The quantitative estimate of drug-likeness (QED) is 0.813. The molecule has 0 radical (unpaired) electrons. The third kappa shape index (κ3) is 3.58. The molecule has 18 heavy (non-hydrogen) atoms. The molecule has 0 spiro atoms. The van der Waals surface area contributed by atoms with Crippen LogP contribution >= 0.6 is 27.3 Å². The summed E-state index contributed by atoms with van der Waals surface area (Å²) in [5.74, 6) is 2.52. The summed E-state index contributed by atoms with van der Waals surface area (Å²) in [5, 5.41) is 5.96. The van der Waals surface area contributed by atoms with Gasteiger partial charge in [-0.05, 0) is 58.0 Å². The van der Waals surface area contributed by atoms with Crippen LogP contribution in [0.25, 0.3) is 0 Å². The van der Waals surface area contributed by atoms with Gasteiger partial charge in [0, 0.05) is 21.9 Å². The molecule has 1 aliphatic carbocycles. The van der Waals surface area contributed by atoms with Crippen LogP contribution in [0.1, 0.15) is 44.9 Å². The van der Waals surface area contributed by atoms with Crippen molar-refractivity contribution in [2.45, 2.75) is 52.6 Å². The predicted octanol–water partition coefficient (Wildman–Crippen LogP) is 5.06. The van der Waals surface area contributed by atoms with Crippen molar-refractivity contribution < 1.29 is 0 Å². The summed E-state index contributed by atoms with van der Waals surface area (Å²) < 4.78 is 1.25. The minimum Gasteiger partial charge on any atom is -0.309 e. The third-order valence-electron chi connectivity index (χ3n) is 4.24. The van der Waals surface area contributed by atoms with E-state index in [1.54, 1.807) is 0 Å². The molecule has 102 valence electrons. The molecule has 1 nitrogen and oxygen atoms in total. The summed E-state index contributed by atoms with van der Waals surface area (Å²) in [4.78, 5) is 1.43. The van der Waals surface area contributed by atoms with Crippen molar-refractivity contribution in [1.29, 1.82) is 0 Å². The Kier molecular flexibility index (Phi) is 5.28. The first-order valence-electron chi connectivity index (χ1n) is 7.03. The SMILES string of the molecule is CC1CCC(C(C)C)C(NCc2sccc2Br)C1. The fraction of sp³-hybridized carbons (Fsp3) is 0.733. The first-order chi connectivity index (χ1) is 8.58. The standard InChI is InChI=1S/C15H24BrNS/c1-10(2)12-5-4-11(3)8-14(12)17-9-15-13(16)6-7-18-15/h6-7,10-12,14,17H,4-5,8-9H2,1-3H3. The van der Waals surface area contributed by atoms with Crippen LogP contribution in [0.3, 0.4) is 0 Å². The number of rotatable bonds is 4. The summed E-state index contributed by atoms with van der Waals surface area (Å²) in [5.41, 5.74) is 0. The van der Waals surface area contributed by atoms with E-state index in [-0.39, 0.29) is 0 Å². The van der Waals surface area contributed by atoms with Crippen LogP contribution in [-0.2, 0) is 6.54 Å². The van der Waals surface area contributed by atoms with Gasteiger partial charge in [-0.25, -0.2) is 0 Å². The lowest BCUT2D eigenvalue weighted by atomic mass is 9.74. The molecule has 0 aromatic carbocycles. The Bertz CT molecular complexity index is 374. The van der Waals surface area contributed by atoms with Crippen LogP contribution in [0.2, 0.25) is 0 Å². The lowest BCUT2D eigenvalue weighted by Gasteiger charge is -2.38. The first-order valence-corrected chi connectivity index (χ1v) is 8.70. The molecule has 0 aliphatic heterocycles. The minimum absolute atomic E-state index is 0.697. The van der Waals surface area contributed by atoms with Crippen molar-refractivity contribution in [3.8, 4) is 0 Å². The zero-order valence-corrected chi connectivity index (χ0v) is 14.0. The Morgan fingerprint density at radius 1 is 1.44 bits per heavy atom. The van der Waals surface area contributed by atoms with Gasteiger partial charge in [-0.1, -0.05) is 27.2 Å². The monoisotopic (exact) mass is 329 g/mol. The predicted molar refractivity (Wildman–Crippen MR) is 84.0 cm³/mol. The summed E-state index contributed by atoms with van der Waals surface area (Å²) in [6, 6.07) is 2.84. The molecule has 0 amide bonds. The molecule has 1 heterocycles. The number of thiophene rings is 1. The van der Waals surface area contributed by atoms with Crippen molar-refractivity contribution in [1.82, 2.24) is 5.32 Å². The van der Waals surface area contributed by atoms with Gasteiger partial charge in [-0.3, -0.25) is 0 Å². The minimum atomic E-state index is 0.697. The highest BCUT2D eigenvalue weighted by Crippen LogP contribution is 2.34. The molecule has 1 N–H and O–H groups in total. The van der Waals surface area contributed by atoms with Gasteiger partial charge in [0.1, 0.15) is 0 Å². The van der Waals surface area contributed by atoms with E-state index < -0.39 is 0 Å². The molecular weight excluding hydrogens is 306 g/mol. The van der Waals surface area contributed by atoms with E-state index in [0.717, 1.165) is 24.3 Å². The molecule has 1 fully saturated rings. The molecule has 3 unspecified atom stereocenters. The Labute approximate surface area is 123 Å². The van der Waals surface area contributed by atoms with Gasteiger partial charge in [-0.2, -0.15) is 0 Å². The van der Waals surface area contributed by atoms with Gasteiger partial charge in [0.2, 0.25) is 0 Å². The van der Waals surface area contributed by atoms with Gasteiger partial charge in [0.25, 0.3) is 0 Å². The molecule has 1 aliphatic rings. The van der Waals surface area contributed by atoms with E-state index in [2.05, 4.69) is 53.5 Å². The maximum absolute atomic E-state index is 3.81. The average molecular weight is 330 g/mol. The van der Waals surface area contributed by atoms with E-state index >= 15 is 0 Å². The Morgan fingerprint density at radius 3 is 2.83 bits per heavy atom. The lowest BCUT2D eigenvalue weighted by molar-refractivity contribution is 0.169. The maximum atomic E-state index is 3.81. The summed E-state index contributed by atoms with van der Waals surface area (Å²) in [7, 11) is 0. The van der Waals surface area contributed by atoms with Crippen LogP contribution in [0.15, 0.2) is 15.9 Å². The maximum Gasteiger partial charge on any atom is 0.0327 e.